The molecule has 0 saturated heterocycles. The molecule has 5 heteroatoms. The Bertz CT molecular complexity index is 551. The van der Waals surface area contributed by atoms with E-state index in [0.717, 1.165) is 28.0 Å². The van der Waals surface area contributed by atoms with Crippen molar-refractivity contribution in [2.75, 3.05) is 5.32 Å². The third kappa shape index (κ3) is 2.72. The molecule has 0 fully saturated rings. The maximum atomic E-state index is 13.0. The average Bonchev–Trinajstić information content (AvgIpc) is 2.62. The van der Waals surface area contributed by atoms with Crippen LogP contribution in [0.2, 0.25) is 0 Å². The lowest BCUT2D eigenvalue weighted by Crippen LogP contribution is -2.06. The predicted molar refractivity (Wildman–Crippen MR) is 74.0 cm³/mol. The van der Waals surface area contributed by atoms with Gasteiger partial charge in [0.25, 0.3) is 0 Å². The number of benzene rings is 1. The summed E-state index contributed by atoms with van der Waals surface area (Å²) in [6.07, 6.45) is 0.883. The largest absolute Gasteiger partial charge is 0.379 e. The van der Waals surface area contributed by atoms with Crippen LogP contribution in [0.1, 0.15) is 18.3 Å². The van der Waals surface area contributed by atoms with Gasteiger partial charge in [0.15, 0.2) is 0 Å². The maximum Gasteiger partial charge on any atom is 0.125 e. The van der Waals surface area contributed by atoms with E-state index in [1.54, 1.807) is 6.07 Å². The van der Waals surface area contributed by atoms with Crippen LogP contribution >= 0.6 is 15.9 Å². The van der Waals surface area contributed by atoms with Crippen molar-refractivity contribution in [3.63, 3.8) is 0 Å². The maximum absolute atomic E-state index is 13.0. The number of nitrogens with one attached hydrogen (secondary N) is 1. The molecular formula is C13H15BrFN3. The van der Waals surface area contributed by atoms with Crippen molar-refractivity contribution in [2.24, 2.45) is 7.05 Å². The van der Waals surface area contributed by atoms with E-state index in [0.29, 0.717) is 6.54 Å². The fraction of sp³-hybridized carbons (Fsp3) is 0.308. The van der Waals surface area contributed by atoms with Crippen LogP contribution in [0.3, 0.4) is 0 Å². The number of halogens is 2. The highest BCUT2D eigenvalue weighted by Gasteiger charge is 2.11. The van der Waals surface area contributed by atoms with Crippen molar-refractivity contribution in [1.29, 1.82) is 0 Å². The quantitative estimate of drug-likeness (QED) is 0.936. The van der Waals surface area contributed by atoms with Crippen LogP contribution in [0.5, 0.6) is 0 Å². The standard InChI is InChI=1S/C13H15BrFN3/c1-3-11-13(14)12(18(2)17-11)8-16-10-6-4-5-9(15)7-10/h4-7,16H,3,8H2,1-2H3. The van der Waals surface area contributed by atoms with Crippen LogP contribution in [0.4, 0.5) is 10.1 Å². The summed E-state index contributed by atoms with van der Waals surface area (Å²) in [6.45, 7) is 2.67. The van der Waals surface area contributed by atoms with Crippen molar-refractivity contribution in [2.45, 2.75) is 19.9 Å². The minimum atomic E-state index is -0.238. The number of nitrogens with zero attached hydrogens (tertiary/aromatic N) is 2. The number of rotatable bonds is 4. The fourth-order valence-corrected chi connectivity index (χ4v) is 2.55. The molecule has 0 unspecified atom stereocenters. The van der Waals surface area contributed by atoms with Gasteiger partial charge in [0.1, 0.15) is 5.82 Å². The first-order valence-electron chi connectivity index (χ1n) is 5.81. The van der Waals surface area contributed by atoms with Gasteiger partial charge in [-0.25, -0.2) is 4.39 Å². The molecule has 1 aromatic carbocycles. The molecule has 1 N–H and O–H groups in total. The third-order valence-corrected chi connectivity index (χ3v) is 3.70. The first kappa shape index (κ1) is 13.1. The molecular weight excluding hydrogens is 297 g/mol. The molecule has 96 valence electrons. The minimum Gasteiger partial charge on any atom is -0.379 e. The van der Waals surface area contributed by atoms with E-state index >= 15 is 0 Å². The SMILES string of the molecule is CCc1nn(C)c(CNc2cccc(F)c2)c1Br. The minimum absolute atomic E-state index is 0.238. The van der Waals surface area contributed by atoms with Crippen LogP contribution < -0.4 is 5.32 Å². The molecule has 0 saturated carbocycles. The van der Waals surface area contributed by atoms with Gasteiger partial charge in [-0.3, -0.25) is 4.68 Å². The zero-order valence-corrected chi connectivity index (χ0v) is 12.0. The second-order valence-corrected chi connectivity index (χ2v) is 4.84. The number of hydrogen-bond acceptors (Lipinski definition) is 2. The van der Waals surface area contributed by atoms with E-state index in [-0.39, 0.29) is 5.82 Å². The summed E-state index contributed by atoms with van der Waals surface area (Å²) in [6, 6.07) is 6.44. The molecule has 0 spiro atoms. The zero-order chi connectivity index (χ0) is 13.1. The van der Waals surface area contributed by atoms with Crippen LogP contribution in [-0.2, 0) is 20.0 Å². The van der Waals surface area contributed by atoms with E-state index in [4.69, 9.17) is 0 Å². The Morgan fingerprint density at radius 1 is 1.44 bits per heavy atom. The zero-order valence-electron chi connectivity index (χ0n) is 10.4. The second-order valence-electron chi connectivity index (χ2n) is 4.05. The number of aryl methyl sites for hydroxylation is 2. The monoisotopic (exact) mass is 311 g/mol. The molecule has 0 aliphatic heterocycles. The van der Waals surface area contributed by atoms with E-state index in [9.17, 15) is 4.39 Å². The van der Waals surface area contributed by atoms with Crippen molar-refractivity contribution < 1.29 is 4.39 Å². The van der Waals surface area contributed by atoms with Gasteiger partial charge in [0.2, 0.25) is 0 Å². The molecule has 0 amide bonds. The summed E-state index contributed by atoms with van der Waals surface area (Å²) in [7, 11) is 1.91. The Kier molecular flexibility index (Phi) is 4.01. The van der Waals surface area contributed by atoms with Gasteiger partial charge < -0.3 is 5.32 Å². The molecule has 18 heavy (non-hydrogen) atoms. The Morgan fingerprint density at radius 3 is 2.83 bits per heavy atom. The van der Waals surface area contributed by atoms with Gasteiger partial charge >= 0.3 is 0 Å². The molecule has 0 aliphatic carbocycles. The fourth-order valence-electron chi connectivity index (χ4n) is 1.80. The van der Waals surface area contributed by atoms with Crippen LogP contribution in [0, 0.1) is 5.82 Å². The first-order chi connectivity index (χ1) is 8.61. The molecule has 1 aromatic heterocycles. The van der Waals surface area contributed by atoms with Gasteiger partial charge in [0.05, 0.1) is 22.4 Å². The molecule has 1 heterocycles. The first-order valence-corrected chi connectivity index (χ1v) is 6.60. The van der Waals surface area contributed by atoms with Crippen molar-refractivity contribution in [3.05, 3.63) is 45.9 Å². The lowest BCUT2D eigenvalue weighted by atomic mass is 10.3. The van der Waals surface area contributed by atoms with Crippen molar-refractivity contribution in [3.8, 4) is 0 Å². The summed E-state index contributed by atoms with van der Waals surface area (Å²) in [5.41, 5.74) is 2.85. The Balaban J connectivity index is 2.13. The topological polar surface area (TPSA) is 29.9 Å². The smallest absolute Gasteiger partial charge is 0.125 e. The molecule has 0 bridgehead atoms. The Labute approximate surface area is 114 Å². The van der Waals surface area contributed by atoms with Gasteiger partial charge in [-0.2, -0.15) is 5.10 Å². The Morgan fingerprint density at radius 2 is 2.22 bits per heavy atom. The summed E-state index contributed by atoms with van der Waals surface area (Å²) in [5, 5.41) is 7.60. The summed E-state index contributed by atoms with van der Waals surface area (Å²) in [5.74, 6) is -0.238. The van der Waals surface area contributed by atoms with Gasteiger partial charge in [-0.15, -0.1) is 0 Å². The highest BCUT2D eigenvalue weighted by Crippen LogP contribution is 2.22. The highest BCUT2D eigenvalue weighted by atomic mass is 79.9. The van der Waals surface area contributed by atoms with Crippen molar-refractivity contribution in [1.82, 2.24) is 9.78 Å². The van der Waals surface area contributed by atoms with E-state index < -0.39 is 0 Å². The molecule has 0 atom stereocenters. The second kappa shape index (κ2) is 5.52. The molecule has 0 aliphatic rings. The lowest BCUT2D eigenvalue weighted by Gasteiger charge is -2.07. The van der Waals surface area contributed by atoms with Crippen LogP contribution in [-0.4, -0.2) is 9.78 Å². The van der Waals surface area contributed by atoms with Gasteiger partial charge in [-0.1, -0.05) is 13.0 Å². The average molecular weight is 312 g/mol. The number of aromatic nitrogens is 2. The van der Waals surface area contributed by atoms with Gasteiger partial charge in [-0.05, 0) is 40.5 Å². The number of anilines is 1. The van der Waals surface area contributed by atoms with Crippen molar-refractivity contribution >= 4 is 21.6 Å². The van der Waals surface area contributed by atoms with Gasteiger partial charge in [0, 0.05) is 12.7 Å². The number of hydrogen-bond donors (Lipinski definition) is 1. The van der Waals surface area contributed by atoms with E-state index in [1.807, 2.05) is 17.8 Å². The Hall–Kier alpha value is -1.36. The van der Waals surface area contributed by atoms with Crippen LogP contribution in [0.25, 0.3) is 0 Å². The lowest BCUT2D eigenvalue weighted by molar-refractivity contribution is 0.628. The van der Waals surface area contributed by atoms with Crippen LogP contribution in [0.15, 0.2) is 28.7 Å². The highest BCUT2D eigenvalue weighted by molar-refractivity contribution is 9.10. The molecule has 3 nitrogen and oxygen atoms in total. The normalized spacial score (nSPS) is 10.7. The predicted octanol–water partition coefficient (Wildman–Crippen LogP) is 3.50. The molecule has 2 rings (SSSR count). The van der Waals surface area contributed by atoms with E-state index in [1.165, 1.54) is 12.1 Å². The third-order valence-electron chi connectivity index (χ3n) is 2.79. The van der Waals surface area contributed by atoms with E-state index in [2.05, 4.69) is 33.3 Å². The molecule has 2 aromatic rings. The summed E-state index contributed by atoms with van der Waals surface area (Å²) < 4.78 is 15.9. The summed E-state index contributed by atoms with van der Waals surface area (Å²) in [4.78, 5) is 0. The summed E-state index contributed by atoms with van der Waals surface area (Å²) >= 11 is 3.55. The molecule has 0 radical (unpaired) electrons.